The topological polar surface area (TPSA) is 64.6 Å². The van der Waals surface area contributed by atoms with Crippen LogP contribution in [0.4, 0.5) is 0 Å². The molecular weight excluding hydrogens is 306 g/mol. The van der Waals surface area contributed by atoms with Crippen LogP contribution < -0.4 is 10.1 Å². The Bertz CT molecular complexity index is 585. The molecule has 0 bridgehead atoms. The number of rotatable bonds is 6. The van der Waals surface area contributed by atoms with Crippen molar-refractivity contribution in [3.63, 3.8) is 0 Å². The fraction of sp³-hybridized carbons (Fsp3) is 0.579. The lowest BCUT2D eigenvalue weighted by atomic mass is 9.79. The van der Waals surface area contributed by atoms with E-state index in [1.807, 2.05) is 32.0 Å². The van der Waals surface area contributed by atoms with E-state index in [1.54, 1.807) is 0 Å². The van der Waals surface area contributed by atoms with Crippen LogP contribution in [0.3, 0.4) is 0 Å². The Morgan fingerprint density at radius 1 is 1.21 bits per heavy atom. The predicted octanol–water partition coefficient (Wildman–Crippen LogP) is 2.78. The van der Waals surface area contributed by atoms with Gasteiger partial charge in [-0.25, -0.2) is 0 Å². The van der Waals surface area contributed by atoms with Crippen molar-refractivity contribution >= 4 is 11.9 Å². The van der Waals surface area contributed by atoms with Crippen molar-refractivity contribution in [1.29, 1.82) is 0 Å². The van der Waals surface area contributed by atoms with Crippen LogP contribution in [0.5, 0.6) is 5.75 Å². The molecule has 1 aliphatic carbocycles. The molecule has 2 atom stereocenters. The van der Waals surface area contributed by atoms with Gasteiger partial charge in [0.15, 0.2) is 6.61 Å². The molecule has 1 aromatic carbocycles. The van der Waals surface area contributed by atoms with Crippen LogP contribution >= 0.6 is 0 Å². The molecule has 0 spiro atoms. The maximum absolute atomic E-state index is 12.0. The van der Waals surface area contributed by atoms with E-state index in [0.717, 1.165) is 42.6 Å². The Hall–Kier alpha value is -2.04. The molecule has 1 N–H and O–H groups in total. The number of esters is 1. The highest BCUT2D eigenvalue weighted by molar-refractivity contribution is 5.78. The number of carbonyl (C=O) groups excluding carboxylic acids is 2. The van der Waals surface area contributed by atoms with Crippen molar-refractivity contribution in [2.45, 2.75) is 39.5 Å². The Morgan fingerprint density at radius 2 is 1.96 bits per heavy atom. The molecule has 0 heterocycles. The molecule has 1 aliphatic rings. The van der Waals surface area contributed by atoms with Gasteiger partial charge in [-0.2, -0.15) is 0 Å². The fourth-order valence-electron chi connectivity index (χ4n) is 3.31. The summed E-state index contributed by atoms with van der Waals surface area (Å²) in [5.74, 6) is 0.436. The number of ether oxygens (including phenoxy) is 2. The van der Waals surface area contributed by atoms with Crippen molar-refractivity contribution in [3.05, 3.63) is 29.3 Å². The monoisotopic (exact) mass is 333 g/mol. The van der Waals surface area contributed by atoms with E-state index in [1.165, 1.54) is 7.11 Å². The number of carbonyl (C=O) groups is 2. The van der Waals surface area contributed by atoms with Crippen LogP contribution in [-0.4, -0.2) is 32.1 Å². The van der Waals surface area contributed by atoms with Crippen LogP contribution in [-0.2, 0) is 14.3 Å². The first-order valence-corrected chi connectivity index (χ1v) is 8.56. The standard InChI is InChI=1S/C19H27NO4/c1-13-8-9-17(14(2)10-13)24-12-18(21)20-11-15-6-4-5-7-16(15)19(22)23-3/h8-10,15-16H,4-7,11-12H2,1-3H3,(H,20,21). The molecule has 1 saturated carbocycles. The summed E-state index contributed by atoms with van der Waals surface area (Å²) < 4.78 is 10.5. The zero-order valence-corrected chi connectivity index (χ0v) is 14.8. The van der Waals surface area contributed by atoms with Crippen LogP contribution in [0.1, 0.15) is 36.8 Å². The molecule has 132 valence electrons. The summed E-state index contributed by atoms with van der Waals surface area (Å²) in [6, 6.07) is 5.87. The minimum absolute atomic E-state index is 0.0144. The third kappa shape index (κ3) is 4.98. The lowest BCUT2D eigenvalue weighted by Gasteiger charge is -2.29. The van der Waals surface area contributed by atoms with Gasteiger partial charge in [-0.1, -0.05) is 30.5 Å². The molecule has 0 radical (unpaired) electrons. The third-order valence-electron chi connectivity index (χ3n) is 4.66. The summed E-state index contributed by atoms with van der Waals surface area (Å²) in [6.45, 7) is 4.46. The molecule has 1 fully saturated rings. The normalized spacial score (nSPS) is 20.3. The van der Waals surface area contributed by atoms with Gasteiger partial charge in [0, 0.05) is 6.54 Å². The largest absolute Gasteiger partial charge is 0.484 e. The number of methoxy groups -OCH3 is 1. The lowest BCUT2D eigenvalue weighted by Crippen LogP contribution is -2.39. The zero-order chi connectivity index (χ0) is 17.5. The second-order valence-corrected chi connectivity index (χ2v) is 6.54. The van der Waals surface area contributed by atoms with Gasteiger partial charge in [-0.05, 0) is 44.2 Å². The average Bonchev–Trinajstić information content (AvgIpc) is 2.58. The Morgan fingerprint density at radius 3 is 2.67 bits per heavy atom. The molecule has 2 unspecified atom stereocenters. The summed E-state index contributed by atoms with van der Waals surface area (Å²) in [5, 5.41) is 2.89. The summed E-state index contributed by atoms with van der Waals surface area (Å²) in [7, 11) is 1.42. The highest BCUT2D eigenvalue weighted by Crippen LogP contribution is 2.30. The number of aryl methyl sites for hydroxylation is 2. The Balaban J connectivity index is 1.80. The van der Waals surface area contributed by atoms with E-state index in [0.29, 0.717) is 6.54 Å². The molecule has 0 aliphatic heterocycles. The van der Waals surface area contributed by atoms with Crippen molar-refractivity contribution in [2.24, 2.45) is 11.8 Å². The van der Waals surface area contributed by atoms with Crippen molar-refractivity contribution < 1.29 is 19.1 Å². The smallest absolute Gasteiger partial charge is 0.309 e. The molecule has 2 rings (SSSR count). The zero-order valence-electron chi connectivity index (χ0n) is 14.8. The molecule has 1 amide bonds. The second-order valence-electron chi connectivity index (χ2n) is 6.54. The van der Waals surface area contributed by atoms with Crippen LogP contribution in [0.2, 0.25) is 0 Å². The summed E-state index contributed by atoms with van der Waals surface area (Å²) >= 11 is 0. The number of hydrogen-bond donors (Lipinski definition) is 1. The van der Waals surface area contributed by atoms with Crippen molar-refractivity contribution in [3.8, 4) is 5.75 Å². The highest BCUT2D eigenvalue weighted by Gasteiger charge is 2.31. The molecule has 1 aromatic rings. The van der Waals surface area contributed by atoms with E-state index in [2.05, 4.69) is 5.32 Å². The van der Waals surface area contributed by atoms with Gasteiger partial charge in [-0.3, -0.25) is 9.59 Å². The number of amides is 1. The van der Waals surface area contributed by atoms with E-state index in [9.17, 15) is 9.59 Å². The first-order valence-electron chi connectivity index (χ1n) is 8.56. The van der Waals surface area contributed by atoms with E-state index in [-0.39, 0.29) is 30.3 Å². The average molecular weight is 333 g/mol. The minimum atomic E-state index is -0.166. The van der Waals surface area contributed by atoms with Crippen LogP contribution in [0, 0.1) is 25.7 Å². The third-order valence-corrected chi connectivity index (χ3v) is 4.66. The van der Waals surface area contributed by atoms with Gasteiger partial charge < -0.3 is 14.8 Å². The predicted molar refractivity (Wildman–Crippen MR) is 91.9 cm³/mol. The lowest BCUT2D eigenvalue weighted by molar-refractivity contribution is -0.148. The quantitative estimate of drug-likeness (QED) is 0.813. The SMILES string of the molecule is COC(=O)C1CCCCC1CNC(=O)COc1ccc(C)cc1C. The van der Waals surface area contributed by atoms with Gasteiger partial charge in [0.2, 0.25) is 0 Å². The van der Waals surface area contributed by atoms with Crippen molar-refractivity contribution in [2.75, 3.05) is 20.3 Å². The molecule has 5 heteroatoms. The van der Waals surface area contributed by atoms with Gasteiger partial charge >= 0.3 is 5.97 Å². The van der Waals surface area contributed by atoms with Crippen molar-refractivity contribution in [1.82, 2.24) is 5.32 Å². The minimum Gasteiger partial charge on any atom is -0.484 e. The van der Waals surface area contributed by atoms with E-state index in [4.69, 9.17) is 9.47 Å². The molecular formula is C19H27NO4. The Kier molecular flexibility index (Phi) is 6.64. The molecule has 0 aromatic heterocycles. The van der Waals surface area contributed by atoms with Gasteiger partial charge in [-0.15, -0.1) is 0 Å². The number of benzene rings is 1. The number of nitrogens with one attached hydrogen (secondary N) is 1. The fourth-order valence-corrected chi connectivity index (χ4v) is 3.31. The maximum Gasteiger partial charge on any atom is 0.309 e. The highest BCUT2D eigenvalue weighted by atomic mass is 16.5. The summed E-state index contributed by atoms with van der Waals surface area (Å²) in [4.78, 5) is 23.9. The van der Waals surface area contributed by atoms with E-state index < -0.39 is 0 Å². The molecule has 0 saturated heterocycles. The van der Waals surface area contributed by atoms with Gasteiger partial charge in [0.05, 0.1) is 13.0 Å². The van der Waals surface area contributed by atoms with Gasteiger partial charge in [0.25, 0.3) is 5.91 Å². The Labute approximate surface area is 143 Å². The summed E-state index contributed by atoms with van der Waals surface area (Å²) in [6.07, 6.45) is 3.91. The molecule has 5 nitrogen and oxygen atoms in total. The van der Waals surface area contributed by atoms with Crippen LogP contribution in [0.15, 0.2) is 18.2 Å². The second kappa shape index (κ2) is 8.71. The summed E-state index contributed by atoms with van der Waals surface area (Å²) in [5.41, 5.74) is 2.18. The molecule has 24 heavy (non-hydrogen) atoms. The van der Waals surface area contributed by atoms with Crippen LogP contribution in [0.25, 0.3) is 0 Å². The first kappa shape index (κ1) is 18.3. The first-order chi connectivity index (χ1) is 11.5. The van der Waals surface area contributed by atoms with E-state index >= 15 is 0 Å². The van der Waals surface area contributed by atoms with Gasteiger partial charge in [0.1, 0.15) is 5.75 Å². The maximum atomic E-state index is 12.0. The number of hydrogen-bond acceptors (Lipinski definition) is 4.